The summed E-state index contributed by atoms with van der Waals surface area (Å²) in [7, 11) is 1.56. The van der Waals surface area contributed by atoms with Gasteiger partial charge in [0.05, 0.1) is 7.11 Å². The molecular formula is C15H20N2O4. The molecule has 1 aliphatic heterocycles. The van der Waals surface area contributed by atoms with Crippen molar-refractivity contribution < 1.29 is 19.1 Å². The number of hydrogen-bond donors (Lipinski definition) is 2. The van der Waals surface area contributed by atoms with Gasteiger partial charge in [-0.2, -0.15) is 0 Å². The third-order valence-corrected chi connectivity index (χ3v) is 3.50. The molecule has 3 N–H and O–H groups in total. The van der Waals surface area contributed by atoms with E-state index in [0.717, 1.165) is 12.0 Å². The van der Waals surface area contributed by atoms with E-state index in [2.05, 4.69) is 5.32 Å². The fraction of sp³-hybridized carbons (Fsp3) is 0.467. The number of hydrogen-bond acceptors (Lipinski definition) is 4. The molecule has 1 aromatic rings. The second-order valence-corrected chi connectivity index (χ2v) is 4.98. The van der Waals surface area contributed by atoms with Crippen LogP contribution in [0.5, 0.6) is 5.75 Å². The minimum Gasteiger partial charge on any atom is -0.496 e. The lowest BCUT2D eigenvalue weighted by atomic mass is 10.0. The minimum atomic E-state index is -0.780. The molecule has 6 heteroatoms. The molecule has 2 atom stereocenters. The van der Waals surface area contributed by atoms with Crippen LogP contribution in [0, 0.1) is 0 Å². The Morgan fingerprint density at radius 2 is 2.24 bits per heavy atom. The Balaban J connectivity index is 2.05. The standard InChI is InChI=1S/C15H20N2O4/c1-20-12-6-3-2-5-10(12)9-11(14(16)18)17-15(19)13-7-4-8-21-13/h2-3,5-6,11,13H,4,7-9H2,1H3,(H2,16,18)(H,17,19)/t11-,13-/m1/s1. The smallest absolute Gasteiger partial charge is 0.249 e. The van der Waals surface area contributed by atoms with Crippen LogP contribution in [-0.2, 0) is 20.7 Å². The van der Waals surface area contributed by atoms with Gasteiger partial charge in [-0.05, 0) is 24.5 Å². The van der Waals surface area contributed by atoms with E-state index >= 15 is 0 Å². The highest BCUT2D eigenvalue weighted by Crippen LogP contribution is 2.19. The van der Waals surface area contributed by atoms with Crippen molar-refractivity contribution in [3.63, 3.8) is 0 Å². The zero-order valence-electron chi connectivity index (χ0n) is 12.0. The molecule has 0 spiro atoms. The van der Waals surface area contributed by atoms with E-state index in [0.29, 0.717) is 18.8 Å². The van der Waals surface area contributed by atoms with Crippen molar-refractivity contribution in [3.8, 4) is 5.75 Å². The Morgan fingerprint density at radius 1 is 1.48 bits per heavy atom. The zero-order chi connectivity index (χ0) is 15.2. The number of carbonyl (C=O) groups excluding carboxylic acids is 2. The van der Waals surface area contributed by atoms with Crippen LogP contribution in [0.25, 0.3) is 0 Å². The second kappa shape index (κ2) is 7.08. The van der Waals surface area contributed by atoms with Gasteiger partial charge < -0.3 is 20.5 Å². The summed E-state index contributed by atoms with van der Waals surface area (Å²) in [5, 5.41) is 2.66. The minimum absolute atomic E-state index is 0.286. The summed E-state index contributed by atoms with van der Waals surface area (Å²) in [4.78, 5) is 23.6. The number of ether oxygens (including phenoxy) is 2. The lowest BCUT2D eigenvalue weighted by Gasteiger charge is -2.19. The van der Waals surface area contributed by atoms with Crippen molar-refractivity contribution in [3.05, 3.63) is 29.8 Å². The van der Waals surface area contributed by atoms with Crippen LogP contribution in [0.2, 0.25) is 0 Å². The highest BCUT2D eigenvalue weighted by atomic mass is 16.5. The van der Waals surface area contributed by atoms with Crippen LogP contribution in [0.3, 0.4) is 0 Å². The number of amides is 2. The molecule has 6 nitrogen and oxygen atoms in total. The molecule has 2 rings (SSSR count). The van der Waals surface area contributed by atoms with Gasteiger partial charge in [0.2, 0.25) is 11.8 Å². The molecule has 0 saturated carbocycles. The Hall–Kier alpha value is -2.08. The normalized spacial score (nSPS) is 19.0. The van der Waals surface area contributed by atoms with Gasteiger partial charge in [-0.25, -0.2) is 0 Å². The molecular weight excluding hydrogens is 272 g/mol. The molecule has 2 amide bonds. The van der Waals surface area contributed by atoms with E-state index in [9.17, 15) is 9.59 Å². The molecule has 21 heavy (non-hydrogen) atoms. The summed E-state index contributed by atoms with van der Waals surface area (Å²) in [5.41, 5.74) is 6.20. The molecule has 114 valence electrons. The lowest BCUT2D eigenvalue weighted by molar-refractivity contribution is -0.133. The summed E-state index contributed by atoms with van der Waals surface area (Å²) in [6.45, 7) is 0.575. The summed E-state index contributed by atoms with van der Waals surface area (Å²) in [6, 6.07) is 6.55. The number of nitrogens with one attached hydrogen (secondary N) is 1. The first-order valence-electron chi connectivity index (χ1n) is 6.95. The van der Waals surface area contributed by atoms with Crippen molar-refractivity contribution in [1.29, 1.82) is 0 Å². The molecule has 0 radical (unpaired) electrons. The Bertz CT molecular complexity index is 512. The van der Waals surface area contributed by atoms with Crippen LogP contribution in [0.4, 0.5) is 0 Å². The van der Waals surface area contributed by atoms with Crippen molar-refractivity contribution in [1.82, 2.24) is 5.32 Å². The fourth-order valence-electron chi connectivity index (χ4n) is 2.36. The average molecular weight is 292 g/mol. The third-order valence-electron chi connectivity index (χ3n) is 3.50. The quantitative estimate of drug-likeness (QED) is 0.793. The zero-order valence-corrected chi connectivity index (χ0v) is 12.0. The maximum atomic E-state index is 12.0. The van der Waals surface area contributed by atoms with E-state index in [1.165, 1.54) is 0 Å². The van der Waals surface area contributed by atoms with Crippen molar-refractivity contribution in [2.24, 2.45) is 5.73 Å². The van der Waals surface area contributed by atoms with Gasteiger partial charge in [0, 0.05) is 13.0 Å². The Labute approximate surface area is 123 Å². The number of benzene rings is 1. The largest absolute Gasteiger partial charge is 0.496 e. The Morgan fingerprint density at radius 3 is 2.86 bits per heavy atom. The molecule has 0 bridgehead atoms. The van der Waals surface area contributed by atoms with Gasteiger partial charge in [-0.1, -0.05) is 18.2 Å². The molecule has 0 aromatic heterocycles. The van der Waals surface area contributed by atoms with E-state index < -0.39 is 18.1 Å². The number of rotatable bonds is 6. The van der Waals surface area contributed by atoms with Gasteiger partial charge in [0.1, 0.15) is 17.9 Å². The maximum Gasteiger partial charge on any atom is 0.249 e. The SMILES string of the molecule is COc1ccccc1C[C@@H](NC(=O)[C@H]1CCCO1)C(N)=O. The molecule has 0 unspecified atom stereocenters. The molecule has 1 saturated heterocycles. The predicted octanol–water partition coefficient (Wildman–Crippen LogP) is 0.387. The molecule has 1 heterocycles. The maximum absolute atomic E-state index is 12.0. The van der Waals surface area contributed by atoms with E-state index in [1.54, 1.807) is 13.2 Å². The summed E-state index contributed by atoms with van der Waals surface area (Å²) in [5.74, 6) is -0.200. The van der Waals surface area contributed by atoms with Gasteiger partial charge in [-0.3, -0.25) is 9.59 Å². The molecule has 1 aromatic carbocycles. The number of nitrogens with two attached hydrogens (primary N) is 1. The summed E-state index contributed by atoms with van der Waals surface area (Å²) in [6.07, 6.45) is 1.33. The van der Waals surface area contributed by atoms with Gasteiger partial charge >= 0.3 is 0 Å². The number of para-hydroxylation sites is 1. The molecule has 0 aliphatic carbocycles. The van der Waals surface area contributed by atoms with E-state index in [-0.39, 0.29) is 12.3 Å². The van der Waals surface area contributed by atoms with Crippen LogP contribution in [0.1, 0.15) is 18.4 Å². The van der Waals surface area contributed by atoms with Crippen molar-refractivity contribution in [2.45, 2.75) is 31.4 Å². The van der Waals surface area contributed by atoms with E-state index in [4.69, 9.17) is 15.2 Å². The van der Waals surface area contributed by atoms with E-state index in [1.807, 2.05) is 18.2 Å². The van der Waals surface area contributed by atoms with Gasteiger partial charge in [0.25, 0.3) is 0 Å². The number of carbonyl (C=O) groups is 2. The van der Waals surface area contributed by atoms with Crippen LogP contribution < -0.4 is 15.8 Å². The van der Waals surface area contributed by atoms with Gasteiger partial charge in [-0.15, -0.1) is 0 Å². The third kappa shape index (κ3) is 3.95. The van der Waals surface area contributed by atoms with Crippen LogP contribution in [0.15, 0.2) is 24.3 Å². The Kier molecular flexibility index (Phi) is 5.16. The second-order valence-electron chi connectivity index (χ2n) is 4.98. The van der Waals surface area contributed by atoms with Crippen molar-refractivity contribution in [2.75, 3.05) is 13.7 Å². The van der Waals surface area contributed by atoms with Crippen LogP contribution >= 0.6 is 0 Å². The predicted molar refractivity (Wildman–Crippen MR) is 76.8 cm³/mol. The number of primary amides is 1. The average Bonchev–Trinajstić information content (AvgIpc) is 3.01. The first-order valence-corrected chi connectivity index (χ1v) is 6.95. The monoisotopic (exact) mass is 292 g/mol. The summed E-state index contributed by atoms with van der Waals surface area (Å²) >= 11 is 0. The van der Waals surface area contributed by atoms with Crippen molar-refractivity contribution >= 4 is 11.8 Å². The highest BCUT2D eigenvalue weighted by Gasteiger charge is 2.28. The highest BCUT2D eigenvalue weighted by molar-refractivity contribution is 5.88. The topological polar surface area (TPSA) is 90.7 Å². The fourth-order valence-corrected chi connectivity index (χ4v) is 2.36. The first kappa shape index (κ1) is 15.3. The summed E-state index contributed by atoms with van der Waals surface area (Å²) < 4.78 is 10.5. The van der Waals surface area contributed by atoms with Crippen LogP contribution in [-0.4, -0.2) is 37.7 Å². The van der Waals surface area contributed by atoms with Gasteiger partial charge in [0.15, 0.2) is 0 Å². The number of methoxy groups -OCH3 is 1. The molecule has 1 aliphatic rings. The first-order chi connectivity index (χ1) is 10.1. The lowest BCUT2D eigenvalue weighted by Crippen LogP contribution is -2.49. The molecule has 1 fully saturated rings.